The predicted octanol–water partition coefficient (Wildman–Crippen LogP) is 6.16. The molecule has 0 saturated carbocycles. The van der Waals surface area contributed by atoms with Gasteiger partial charge in [0.1, 0.15) is 0 Å². The van der Waals surface area contributed by atoms with Crippen LogP contribution < -0.4 is 0 Å². The largest absolute Gasteiger partial charge is 0.393 e. The molecule has 0 aliphatic carbocycles. The summed E-state index contributed by atoms with van der Waals surface area (Å²) in [6, 6.07) is 7.79. The maximum absolute atomic E-state index is 10.0. The molecule has 21 heavy (non-hydrogen) atoms. The molecule has 0 aromatic heterocycles. The molecule has 0 radical (unpaired) electrons. The number of rotatable bonds is 12. The van der Waals surface area contributed by atoms with Crippen molar-refractivity contribution < 1.29 is 5.11 Å². The molecule has 1 atom stereocenters. The number of hydrogen-bond donors (Lipinski definition) is 1. The van der Waals surface area contributed by atoms with Gasteiger partial charge in [0.2, 0.25) is 0 Å². The number of aliphatic hydroxyl groups excluding tert-OH is 1. The number of halogens is 1. The Hall–Kier alpha value is -0.530. The van der Waals surface area contributed by atoms with E-state index in [0.717, 1.165) is 24.3 Å². The normalized spacial score (nSPS) is 12.5. The van der Waals surface area contributed by atoms with Gasteiger partial charge in [-0.2, -0.15) is 0 Å². The van der Waals surface area contributed by atoms with Crippen LogP contribution in [0.25, 0.3) is 0 Å². The number of aliphatic hydroxyl groups is 1. The van der Waals surface area contributed by atoms with Crippen molar-refractivity contribution in [3.63, 3.8) is 0 Å². The van der Waals surface area contributed by atoms with Crippen molar-refractivity contribution >= 4 is 11.6 Å². The van der Waals surface area contributed by atoms with E-state index in [0.29, 0.717) is 0 Å². The van der Waals surface area contributed by atoms with Crippen molar-refractivity contribution in [2.75, 3.05) is 0 Å². The van der Waals surface area contributed by atoms with Gasteiger partial charge in [-0.15, -0.1) is 0 Å². The molecule has 0 saturated heterocycles. The van der Waals surface area contributed by atoms with E-state index in [1.54, 1.807) is 0 Å². The summed E-state index contributed by atoms with van der Waals surface area (Å²) in [6.07, 6.45) is 13.4. The van der Waals surface area contributed by atoms with E-state index in [4.69, 9.17) is 11.6 Å². The summed E-state index contributed by atoms with van der Waals surface area (Å²) < 4.78 is 0. The molecule has 120 valence electrons. The van der Waals surface area contributed by atoms with Crippen LogP contribution in [0.2, 0.25) is 5.02 Å². The van der Waals surface area contributed by atoms with Crippen LogP contribution in [-0.4, -0.2) is 11.2 Å². The zero-order chi connectivity index (χ0) is 15.3. The summed E-state index contributed by atoms with van der Waals surface area (Å²) in [6.45, 7) is 2.26. The van der Waals surface area contributed by atoms with E-state index in [9.17, 15) is 5.11 Å². The lowest BCUT2D eigenvalue weighted by molar-refractivity contribution is 0.161. The molecule has 1 aromatic carbocycles. The van der Waals surface area contributed by atoms with E-state index in [-0.39, 0.29) is 6.10 Å². The molecule has 1 unspecified atom stereocenters. The first-order valence-electron chi connectivity index (χ1n) is 8.65. The summed E-state index contributed by atoms with van der Waals surface area (Å²) in [5.41, 5.74) is 1.17. The van der Waals surface area contributed by atoms with E-state index < -0.39 is 0 Å². The summed E-state index contributed by atoms with van der Waals surface area (Å²) in [5, 5.41) is 10.8. The zero-order valence-corrected chi connectivity index (χ0v) is 14.2. The van der Waals surface area contributed by atoms with Gasteiger partial charge in [0.05, 0.1) is 6.10 Å². The highest BCUT2D eigenvalue weighted by Crippen LogP contribution is 2.15. The van der Waals surface area contributed by atoms with Gasteiger partial charge >= 0.3 is 0 Å². The van der Waals surface area contributed by atoms with E-state index >= 15 is 0 Å². The molecule has 0 bridgehead atoms. The molecule has 1 rings (SSSR count). The van der Waals surface area contributed by atoms with Crippen molar-refractivity contribution in [3.8, 4) is 0 Å². The van der Waals surface area contributed by atoms with E-state index in [2.05, 4.69) is 6.92 Å². The lowest BCUT2D eigenvalue weighted by Crippen LogP contribution is -2.10. The van der Waals surface area contributed by atoms with Crippen LogP contribution in [0.15, 0.2) is 24.3 Å². The van der Waals surface area contributed by atoms with Crippen molar-refractivity contribution in [2.24, 2.45) is 0 Å². The van der Waals surface area contributed by atoms with Crippen LogP contribution in [0.1, 0.15) is 76.7 Å². The van der Waals surface area contributed by atoms with E-state index in [1.165, 1.54) is 56.9 Å². The van der Waals surface area contributed by atoms with Crippen LogP contribution in [0, 0.1) is 0 Å². The van der Waals surface area contributed by atoms with Crippen molar-refractivity contribution in [1.82, 2.24) is 0 Å². The molecule has 0 aliphatic heterocycles. The third-order valence-electron chi connectivity index (χ3n) is 4.03. The molecular formula is C19H31ClO. The van der Waals surface area contributed by atoms with Gasteiger partial charge in [-0.3, -0.25) is 0 Å². The number of hydrogen-bond acceptors (Lipinski definition) is 1. The molecular weight excluding hydrogens is 280 g/mol. The molecule has 0 spiro atoms. The molecule has 0 heterocycles. The topological polar surface area (TPSA) is 20.2 Å². The summed E-state index contributed by atoms with van der Waals surface area (Å²) in [4.78, 5) is 0. The summed E-state index contributed by atoms with van der Waals surface area (Å²) in [5.74, 6) is 0. The fourth-order valence-corrected chi connectivity index (χ4v) is 2.81. The molecule has 0 fully saturated rings. The second kappa shape index (κ2) is 12.1. The van der Waals surface area contributed by atoms with Crippen LogP contribution >= 0.6 is 11.6 Å². The third kappa shape index (κ3) is 9.92. The maximum Gasteiger partial charge on any atom is 0.0580 e. The zero-order valence-electron chi connectivity index (χ0n) is 13.5. The van der Waals surface area contributed by atoms with Gasteiger partial charge in [-0.25, -0.2) is 0 Å². The Morgan fingerprint density at radius 2 is 1.38 bits per heavy atom. The standard InChI is InChI=1S/C19H31ClO/c1-2-3-4-5-6-7-8-9-10-11-19(21)16-17-12-14-18(20)15-13-17/h12-15,19,21H,2-11,16H2,1H3. The number of benzene rings is 1. The molecule has 0 amide bonds. The first-order chi connectivity index (χ1) is 10.2. The minimum absolute atomic E-state index is 0.212. The highest BCUT2D eigenvalue weighted by molar-refractivity contribution is 6.30. The minimum Gasteiger partial charge on any atom is -0.393 e. The van der Waals surface area contributed by atoms with Crippen molar-refractivity contribution in [1.29, 1.82) is 0 Å². The highest BCUT2D eigenvalue weighted by Gasteiger charge is 2.05. The van der Waals surface area contributed by atoms with Gasteiger partial charge in [0, 0.05) is 5.02 Å². The summed E-state index contributed by atoms with van der Waals surface area (Å²) in [7, 11) is 0. The average Bonchev–Trinajstić information content (AvgIpc) is 2.48. The van der Waals surface area contributed by atoms with Gasteiger partial charge < -0.3 is 5.11 Å². The lowest BCUT2D eigenvalue weighted by Gasteiger charge is -2.10. The van der Waals surface area contributed by atoms with Gasteiger partial charge in [-0.05, 0) is 30.5 Å². The first-order valence-corrected chi connectivity index (χ1v) is 9.02. The van der Waals surface area contributed by atoms with Gasteiger partial charge in [0.25, 0.3) is 0 Å². The lowest BCUT2D eigenvalue weighted by atomic mass is 10.0. The first kappa shape index (κ1) is 18.5. The Labute approximate surface area is 135 Å². The van der Waals surface area contributed by atoms with E-state index in [1.807, 2.05) is 24.3 Å². The smallest absolute Gasteiger partial charge is 0.0580 e. The molecule has 2 heteroatoms. The predicted molar refractivity (Wildman–Crippen MR) is 93.0 cm³/mol. The van der Waals surface area contributed by atoms with Crippen LogP contribution in [0.4, 0.5) is 0 Å². The Balaban J connectivity index is 1.96. The fraction of sp³-hybridized carbons (Fsp3) is 0.684. The Bertz CT molecular complexity index is 347. The SMILES string of the molecule is CCCCCCCCCCCC(O)Cc1ccc(Cl)cc1. The average molecular weight is 311 g/mol. The van der Waals surface area contributed by atoms with Crippen molar-refractivity contribution in [3.05, 3.63) is 34.9 Å². The van der Waals surface area contributed by atoms with Gasteiger partial charge in [-0.1, -0.05) is 88.4 Å². The number of unbranched alkanes of at least 4 members (excludes halogenated alkanes) is 8. The minimum atomic E-state index is -0.212. The van der Waals surface area contributed by atoms with Crippen LogP contribution in [0.3, 0.4) is 0 Å². The highest BCUT2D eigenvalue weighted by atomic mass is 35.5. The Morgan fingerprint density at radius 1 is 0.857 bits per heavy atom. The molecule has 1 N–H and O–H groups in total. The molecule has 1 nitrogen and oxygen atoms in total. The monoisotopic (exact) mass is 310 g/mol. The summed E-state index contributed by atoms with van der Waals surface area (Å²) >= 11 is 5.86. The van der Waals surface area contributed by atoms with Crippen molar-refractivity contribution in [2.45, 2.75) is 83.7 Å². The quantitative estimate of drug-likeness (QED) is 0.458. The second-order valence-corrected chi connectivity index (χ2v) is 6.54. The maximum atomic E-state index is 10.0. The Morgan fingerprint density at radius 3 is 1.95 bits per heavy atom. The molecule has 0 aliphatic rings. The third-order valence-corrected chi connectivity index (χ3v) is 4.28. The van der Waals surface area contributed by atoms with Gasteiger partial charge in [0.15, 0.2) is 0 Å². The van der Waals surface area contributed by atoms with Crippen LogP contribution in [-0.2, 0) is 6.42 Å². The Kier molecular flexibility index (Phi) is 10.6. The fourth-order valence-electron chi connectivity index (χ4n) is 2.69. The molecule has 1 aromatic rings. The second-order valence-electron chi connectivity index (χ2n) is 6.10. The van der Waals surface area contributed by atoms with Crippen LogP contribution in [0.5, 0.6) is 0 Å².